The van der Waals surface area contributed by atoms with Gasteiger partial charge >= 0.3 is 0 Å². The molecule has 2 N–H and O–H groups in total. The molecule has 2 saturated carbocycles. The molecule has 0 saturated heterocycles. The Hall–Kier alpha value is -0.120. The number of rotatable bonds is 4. The number of hydrogen-bond donors (Lipinski definition) is 2. The van der Waals surface area contributed by atoms with Gasteiger partial charge in [-0.15, -0.1) is 0 Å². The second-order valence-corrected chi connectivity index (χ2v) is 5.83. The van der Waals surface area contributed by atoms with Crippen LogP contribution in [0, 0.1) is 5.41 Å². The van der Waals surface area contributed by atoms with Crippen molar-refractivity contribution in [2.45, 2.75) is 70.7 Å². The van der Waals surface area contributed by atoms with E-state index in [1.54, 1.807) is 0 Å². The van der Waals surface area contributed by atoms with Crippen molar-refractivity contribution in [2.75, 3.05) is 6.61 Å². The molecule has 2 unspecified atom stereocenters. The molecule has 0 aromatic carbocycles. The summed E-state index contributed by atoms with van der Waals surface area (Å²) in [5.74, 6) is 0. The van der Waals surface area contributed by atoms with Crippen LogP contribution in [0.5, 0.6) is 0 Å². The maximum Gasteiger partial charge on any atom is 0.0693 e. The molecule has 0 aliphatic heterocycles. The van der Waals surface area contributed by atoms with Gasteiger partial charge in [-0.05, 0) is 32.6 Å². The number of aliphatic hydroxyl groups excluding tert-OH is 1. The van der Waals surface area contributed by atoms with E-state index < -0.39 is 0 Å². The van der Waals surface area contributed by atoms with Crippen LogP contribution in [0.4, 0.5) is 0 Å². The minimum atomic E-state index is -0.137. The van der Waals surface area contributed by atoms with Gasteiger partial charge in [0.05, 0.1) is 12.2 Å². The van der Waals surface area contributed by atoms with Crippen LogP contribution in [-0.2, 0) is 4.74 Å². The average molecular weight is 227 g/mol. The van der Waals surface area contributed by atoms with Crippen LogP contribution in [0.3, 0.4) is 0 Å². The first kappa shape index (κ1) is 12.3. The summed E-state index contributed by atoms with van der Waals surface area (Å²) in [5, 5.41) is 13.4. The Morgan fingerprint density at radius 3 is 2.62 bits per heavy atom. The molecular formula is C13H25NO2. The van der Waals surface area contributed by atoms with E-state index in [0.29, 0.717) is 18.2 Å². The van der Waals surface area contributed by atoms with E-state index in [2.05, 4.69) is 26.1 Å². The summed E-state index contributed by atoms with van der Waals surface area (Å²) in [5.41, 5.74) is 0.207. The molecule has 2 rings (SSSR count). The van der Waals surface area contributed by atoms with Crippen LogP contribution in [-0.4, -0.2) is 36.0 Å². The average Bonchev–Trinajstić information content (AvgIpc) is 2.63. The molecule has 0 spiro atoms. The van der Waals surface area contributed by atoms with Crippen LogP contribution in [0.2, 0.25) is 0 Å². The van der Waals surface area contributed by atoms with Crippen molar-refractivity contribution in [2.24, 2.45) is 5.41 Å². The largest absolute Gasteiger partial charge is 0.392 e. The molecule has 0 amide bonds. The van der Waals surface area contributed by atoms with E-state index in [0.717, 1.165) is 32.3 Å². The summed E-state index contributed by atoms with van der Waals surface area (Å²) in [7, 11) is 0. The highest BCUT2D eigenvalue weighted by Crippen LogP contribution is 2.43. The third kappa shape index (κ3) is 2.13. The van der Waals surface area contributed by atoms with E-state index in [-0.39, 0.29) is 11.5 Å². The summed E-state index contributed by atoms with van der Waals surface area (Å²) in [6.07, 6.45) is 4.56. The normalized spacial score (nSPS) is 42.0. The van der Waals surface area contributed by atoms with Crippen molar-refractivity contribution >= 4 is 0 Å². The van der Waals surface area contributed by atoms with E-state index in [1.165, 1.54) is 0 Å². The van der Waals surface area contributed by atoms with E-state index in [4.69, 9.17) is 4.74 Å². The number of ether oxygens (including phenoxy) is 1. The SMILES string of the molecule is CCOC1CC(N[C@@H]2CCC[C@H]2O)C1(C)C. The van der Waals surface area contributed by atoms with Gasteiger partial charge in [0.1, 0.15) is 0 Å². The monoisotopic (exact) mass is 227 g/mol. The summed E-state index contributed by atoms with van der Waals surface area (Å²) < 4.78 is 5.71. The lowest BCUT2D eigenvalue weighted by Gasteiger charge is -2.53. The topological polar surface area (TPSA) is 41.5 Å². The number of nitrogens with one attached hydrogen (secondary N) is 1. The molecule has 94 valence electrons. The van der Waals surface area contributed by atoms with Crippen LogP contribution >= 0.6 is 0 Å². The molecular weight excluding hydrogens is 202 g/mol. The van der Waals surface area contributed by atoms with Gasteiger partial charge in [0, 0.05) is 24.1 Å². The molecule has 0 heterocycles. The first-order valence-corrected chi connectivity index (χ1v) is 6.61. The zero-order valence-electron chi connectivity index (χ0n) is 10.7. The smallest absolute Gasteiger partial charge is 0.0693 e. The van der Waals surface area contributed by atoms with Gasteiger partial charge in [-0.2, -0.15) is 0 Å². The molecule has 0 bridgehead atoms. The third-order valence-electron chi connectivity index (χ3n) is 4.44. The zero-order chi connectivity index (χ0) is 11.8. The molecule has 0 radical (unpaired) electrons. The van der Waals surface area contributed by atoms with Crippen molar-refractivity contribution in [3.05, 3.63) is 0 Å². The van der Waals surface area contributed by atoms with E-state index in [1.807, 2.05) is 0 Å². The molecule has 0 aromatic heterocycles. The lowest BCUT2D eigenvalue weighted by Crippen LogP contribution is -2.63. The maximum atomic E-state index is 9.80. The fourth-order valence-corrected chi connectivity index (χ4v) is 3.05. The molecule has 3 nitrogen and oxygen atoms in total. The van der Waals surface area contributed by atoms with Gasteiger partial charge < -0.3 is 15.2 Å². The van der Waals surface area contributed by atoms with Gasteiger partial charge in [-0.1, -0.05) is 13.8 Å². The molecule has 2 fully saturated rings. The van der Waals surface area contributed by atoms with Gasteiger partial charge in [0.2, 0.25) is 0 Å². The van der Waals surface area contributed by atoms with E-state index in [9.17, 15) is 5.11 Å². The van der Waals surface area contributed by atoms with Crippen molar-refractivity contribution in [1.82, 2.24) is 5.32 Å². The molecule has 0 aromatic rings. The maximum absolute atomic E-state index is 9.80. The fraction of sp³-hybridized carbons (Fsp3) is 1.00. The lowest BCUT2D eigenvalue weighted by atomic mass is 9.64. The van der Waals surface area contributed by atoms with Crippen LogP contribution in [0.1, 0.15) is 46.5 Å². The summed E-state index contributed by atoms with van der Waals surface area (Å²) in [6, 6.07) is 0.814. The predicted molar refractivity (Wildman–Crippen MR) is 64.4 cm³/mol. The van der Waals surface area contributed by atoms with Crippen molar-refractivity contribution < 1.29 is 9.84 Å². The Labute approximate surface area is 98.6 Å². The fourth-order valence-electron chi connectivity index (χ4n) is 3.05. The molecule has 16 heavy (non-hydrogen) atoms. The Balaban J connectivity index is 1.84. The highest BCUT2D eigenvalue weighted by atomic mass is 16.5. The summed E-state index contributed by atoms with van der Waals surface area (Å²) in [4.78, 5) is 0. The standard InChI is InChI=1S/C13H25NO2/c1-4-16-12-8-11(13(12,2)3)14-9-6-5-7-10(9)15/h9-12,14-15H,4-8H2,1-3H3/t9-,10-,11?,12?/m1/s1. The molecule has 2 aliphatic carbocycles. The van der Waals surface area contributed by atoms with Crippen LogP contribution in [0.25, 0.3) is 0 Å². The molecule has 4 atom stereocenters. The molecule has 2 aliphatic rings. The number of hydrogen-bond acceptors (Lipinski definition) is 3. The Kier molecular flexibility index (Phi) is 3.57. The first-order valence-electron chi connectivity index (χ1n) is 6.61. The van der Waals surface area contributed by atoms with Gasteiger partial charge in [0.25, 0.3) is 0 Å². The number of aliphatic hydroxyl groups is 1. The van der Waals surface area contributed by atoms with Crippen LogP contribution in [0.15, 0.2) is 0 Å². The second kappa shape index (κ2) is 4.63. The van der Waals surface area contributed by atoms with Gasteiger partial charge in [0.15, 0.2) is 0 Å². The van der Waals surface area contributed by atoms with Crippen molar-refractivity contribution in [1.29, 1.82) is 0 Å². The van der Waals surface area contributed by atoms with Crippen molar-refractivity contribution in [3.8, 4) is 0 Å². The Bertz CT molecular complexity index is 242. The third-order valence-corrected chi connectivity index (χ3v) is 4.44. The minimum Gasteiger partial charge on any atom is -0.392 e. The quantitative estimate of drug-likeness (QED) is 0.768. The van der Waals surface area contributed by atoms with Gasteiger partial charge in [-0.25, -0.2) is 0 Å². The Morgan fingerprint density at radius 2 is 2.12 bits per heavy atom. The van der Waals surface area contributed by atoms with Gasteiger partial charge in [-0.3, -0.25) is 0 Å². The zero-order valence-corrected chi connectivity index (χ0v) is 10.7. The summed E-state index contributed by atoms with van der Waals surface area (Å²) in [6.45, 7) is 7.37. The van der Waals surface area contributed by atoms with E-state index >= 15 is 0 Å². The molecule has 3 heteroatoms. The minimum absolute atomic E-state index is 0.137. The highest BCUT2D eigenvalue weighted by Gasteiger charge is 2.49. The highest BCUT2D eigenvalue weighted by molar-refractivity contribution is 5.04. The van der Waals surface area contributed by atoms with Crippen LogP contribution < -0.4 is 5.32 Å². The first-order chi connectivity index (χ1) is 7.55. The van der Waals surface area contributed by atoms with Crippen molar-refractivity contribution in [3.63, 3.8) is 0 Å². The summed E-state index contributed by atoms with van der Waals surface area (Å²) >= 11 is 0. The predicted octanol–water partition coefficient (Wildman–Crippen LogP) is 1.69. The Morgan fingerprint density at radius 1 is 1.38 bits per heavy atom. The second-order valence-electron chi connectivity index (χ2n) is 5.83. The lowest BCUT2D eigenvalue weighted by molar-refractivity contribution is -0.118.